The molecule has 8 nitrogen and oxygen atoms in total. The van der Waals surface area contributed by atoms with Gasteiger partial charge in [0.2, 0.25) is 0 Å². The molecule has 1 N–H and O–H groups in total. The number of likely N-dealkylation sites (N-methyl/N-ethyl adjacent to an activating group) is 1. The van der Waals surface area contributed by atoms with Crippen LogP contribution in [0.2, 0.25) is 0 Å². The molecule has 0 bridgehead atoms. The molecule has 1 aliphatic heterocycles. The third-order valence-electron chi connectivity index (χ3n) is 7.98. The van der Waals surface area contributed by atoms with Gasteiger partial charge in [0.15, 0.2) is 6.10 Å². The Kier molecular flexibility index (Phi) is 9.64. The molecule has 1 atom stereocenters. The maximum atomic E-state index is 13.8. The van der Waals surface area contributed by atoms with E-state index in [1.807, 2.05) is 51.8 Å². The molecule has 43 heavy (non-hydrogen) atoms. The van der Waals surface area contributed by atoms with Crippen molar-refractivity contribution >= 4 is 17.3 Å². The first-order valence-corrected chi connectivity index (χ1v) is 14.9. The topological polar surface area (TPSA) is 88.0 Å². The first-order chi connectivity index (χ1) is 20.1. The summed E-state index contributed by atoms with van der Waals surface area (Å²) < 4.78 is 25.7. The Hall–Kier alpha value is -3.72. The zero-order chi connectivity index (χ0) is 31.5. The van der Waals surface area contributed by atoms with Gasteiger partial charge in [0.05, 0.1) is 35.4 Å². The highest BCUT2D eigenvalue weighted by atomic mass is 19.1. The van der Waals surface area contributed by atoms with E-state index in [-0.39, 0.29) is 11.2 Å². The second-order valence-electron chi connectivity index (χ2n) is 13.2. The molecule has 0 spiro atoms. The lowest BCUT2D eigenvalue weighted by Crippen LogP contribution is -2.39. The number of anilines is 2. The number of aromatic nitrogens is 2. The van der Waals surface area contributed by atoms with E-state index in [9.17, 15) is 14.3 Å². The molecule has 1 aromatic carbocycles. The summed E-state index contributed by atoms with van der Waals surface area (Å²) in [7, 11) is 1.95. The molecule has 1 fully saturated rings. The van der Waals surface area contributed by atoms with Crippen LogP contribution in [0.25, 0.3) is 11.3 Å². The fraction of sp³-hybridized carbons (Fsp3) is 0.500. The lowest BCUT2D eigenvalue weighted by Gasteiger charge is -2.40. The predicted octanol–water partition coefficient (Wildman–Crippen LogP) is 6.98. The number of nitrogens with zero attached hydrogens (tertiary/aromatic N) is 4. The Morgan fingerprint density at radius 2 is 1.81 bits per heavy atom. The standard InChI is InChI=1S/C34H45FN4O4/c1-22-9-11-25(19-27(22)35)42-18-17-38(8)24-10-12-28(37-20-24)26-21-36-23(2)29(31(32(40)41)43-33(3,4)5)30(26)39-15-13-34(6,7)14-16-39/h9-12,19-21,31H,13-18H2,1-8H3,(H,40,41)/t31-/m0/s1. The summed E-state index contributed by atoms with van der Waals surface area (Å²) in [5.74, 6) is -0.834. The van der Waals surface area contributed by atoms with Crippen LogP contribution in [-0.4, -0.2) is 59.9 Å². The van der Waals surface area contributed by atoms with E-state index in [2.05, 4.69) is 23.7 Å². The minimum absolute atomic E-state index is 0.217. The largest absolute Gasteiger partial charge is 0.492 e. The quantitative estimate of drug-likeness (QED) is 0.270. The number of hydrogen-bond donors (Lipinski definition) is 1. The molecule has 232 valence electrons. The van der Waals surface area contributed by atoms with Crippen molar-refractivity contribution < 1.29 is 23.8 Å². The summed E-state index contributed by atoms with van der Waals surface area (Å²) in [6.07, 6.45) is 4.39. The molecular weight excluding hydrogens is 547 g/mol. The number of aryl methyl sites for hydroxylation is 2. The zero-order valence-electron chi connectivity index (χ0n) is 26.7. The van der Waals surface area contributed by atoms with Gasteiger partial charge in [-0.05, 0) is 76.6 Å². The molecule has 3 heterocycles. The number of carboxylic acids is 1. The molecule has 0 saturated carbocycles. The molecule has 0 unspecified atom stereocenters. The predicted molar refractivity (Wildman–Crippen MR) is 169 cm³/mol. The highest BCUT2D eigenvalue weighted by molar-refractivity contribution is 5.85. The molecule has 1 saturated heterocycles. The van der Waals surface area contributed by atoms with Gasteiger partial charge < -0.3 is 24.4 Å². The number of piperidine rings is 1. The van der Waals surface area contributed by atoms with Crippen molar-refractivity contribution in [1.29, 1.82) is 0 Å². The minimum atomic E-state index is -1.18. The lowest BCUT2D eigenvalue weighted by atomic mass is 9.82. The molecule has 2 aromatic heterocycles. The summed E-state index contributed by atoms with van der Waals surface area (Å²) in [4.78, 5) is 26.4. The number of aliphatic carboxylic acids is 1. The van der Waals surface area contributed by atoms with Gasteiger partial charge in [0, 0.05) is 49.2 Å². The van der Waals surface area contributed by atoms with Gasteiger partial charge in [-0.15, -0.1) is 0 Å². The summed E-state index contributed by atoms with van der Waals surface area (Å²) in [6.45, 7) is 16.2. The average Bonchev–Trinajstić information content (AvgIpc) is 2.93. The van der Waals surface area contributed by atoms with Gasteiger partial charge in [0.25, 0.3) is 0 Å². The number of ether oxygens (including phenoxy) is 2. The maximum Gasteiger partial charge on any atom is 0.337 e. The van der Waals surface area contributed by atoms with Crippen molar-refractivity contribution in [2.24, 2.45) is 5.41 Å². The Labute approximate surface area is 254 Å². The van der Waals surface area contributed by atoms with Crippen molar-refractivity contribution in [1.82, 2.24) is 9.97 Å². The number of pyridine rings is 2. The van der Waals surface area contributed by atoms with Gasteiger partial charge in [-0.3, -0.25) is 9.97 Å². The van der Waals surface area contributed by atoms with Crippen LogP contribution in [0.15, 0.2) is 42.7 Å². The summed E-state index contributed by atoms with van der Waals surface area (Å²) in [6, 6.07) is 8.79. The number of hydrogen-bond acceptors (Lipinski definition) is 7. The average molecular weight is 593 g/mol. The van der Waals surface area contributed by atoms with Crippen molar-refractivity contribution in [2.75, 3.05) is 43.1 Å². The van der Waals surface area contributed by atoms with Gasteiger partial charge in [-0.2, -0.15) is 0 Å². The maximum absolute atomic E-state index is 13.8. The van der Waals surface area contributed by atoms with Gasteiger partial charge in [-0.25, -0.2) is 9.18 Å². The highest BCUT2D eigenvalue weighted by Gasteiger charge is 2.36. The molecule has 9 heteroatoms. The minimum Gasteiger partial charge on any atom is -0.492 e. The molecular formula is C34H45FN4O4. The Bertz CT molecular complexity index is 1430. The summed E-state index contributed by atoms with van der Waals surface area (Å²) >= 11 is 0. The first-order valence-electron chi connectivity index (χ1n) is 14.9. The van der Waals surface area contributed by atoms with Crippen LogP contribution >= 0.6 is 0 Å². The monoisotopic (exact) mass is 592 g/mol. The number of carboxylic acid groups (broad SMARTS) is 1. The third kappa shape index (κ3) is 8.02. The summed E-state index contributed by atoms with van der Waals surface area (Å²) in [5.41, 5.74) is 4.54. The van der Waals surface area contributed by atoms with E-state index >= 15 is 0 Å². The Morgan fingerprint density at radius 3 is 2.40 bits per heavy atom. The molecule has 3 aromatic rings. The van der Waals surface area contributed by atoms with Crippen LogP contribution in [0.1, 0.15) is 70.4 Å². The van der Waals surface area contributed by atoms with Gasteiger partial charge in [0.1, 0.15) is 18.2 Å². The third-order valence-corrected chi connectivity index (χ3v) is 7.98. The lowest BCUT2D eigenvalue weighted by molar-refractivity contribution is -0.160. The van der Waals surface area contributed by atoms with Crippen LogP contribution in [0.5, 0.6) is 5.75 Å². The highest BCUT2D eigenvalue weighted by Crippen LogP contribution is 2.43. The Morgan fingerprint density at radius 1 is 1.12 bits per heavy atom. The Balaban J connectivity index is 1.63. The second kappa shape index (κ2) is 12.9. The van der Waals surface area contributed by atoms with E-state index < -0.39 is 17.7 Å². The number of benzene rings is 1. The second-order valence-corrected chi connectivity index (χ2v) is 13.2. The normalized spacial score (nSPS) is 15.7. The number of rotatable bonds is 10. The molecule has 0 radical (unpaired) electrons. The van der Waals surface area contributed by atoms with Crippen molar-refractivity contribution in [3.63, 3.8) is 0 Å². The van der Waals surface area contributed by atoms with Crippen LogP contribution in [0, 0.1) is 25.1 Å². The van der Waals surface area contributed by atoms with Crippen LogP contribution in [-0.2, 0) is 9.53 Å². The van der Waals surface area contributed by atoms with Gasteiger partial charge >= 0.3 is 5.97 Å². The van der Waals surface area contributed by atoms with E-state index in [0.717, 1.165) is 42.9 Å². The summed E-state index contributed by atoms with van der Waals surface area (Å²) in [5, 5.41) is 10.3. The van der Waals surface area contributed by atoms with E-state index in [1.165, 1.54) is 6.07 Å². The molecule has 1 aliphatic rings. The van der Waals surface area contributed by atoms with Crippen LogP contribution in [0.4, 0.5) is 15.8 Å². The van der Waals surface area contributed by atoms with Gasteiger partial charge in [-0.1, -0.05) is 19.9 Å². The van der Waals surface area contributed by atoms with Crippen molar-refractivity contribution in [3.8, 4) is 17.0 Å². The number of halogens is 1. The molecule has 0 amide bonds. The fourth-order valence-corrected chi connectivity index (χ4v) is 5.24. The van der Waals surface area contributed by atoms with Crippen LogP contribution in [0.3, 0.4) is 0 Å². The first kappa shape index (κ1) is 32.2. The molecule has 4 rings (SSSR count). The van der Waals surface area contributed by atoms with E-state index in [0.29, 0.717) is 41.4 Å². The van der Waals surface area contributed by atoms with Crippen LogP contribution < -0.4 is 14.5 Å². The number of carbonyl (C=O) groups is 1. The smallest absolute Gasteiger partial charge is 0.337 e. The van der Waals surface area contributed by atoms with E-state index in [4.69, 9.17) is 14.5 Å². The van der Waals surface area contributed by atoms with Crippen molar-refractivity contribution in [2.45, 2.75) is 73.0 Å². The van der Waals surface area contributed by atoms with E-state index in [1.54, 1.807) is 31.5 Å². The zero-order valence-corrected chi connectivity index (χ0v) is 26.7. The fourth-order valence-electron chi connectivity index (χ4n) is 5.24. The SMILES string of the molecule is Cc1ccc(OCCN(C)c2ccc(-c3cnc(C)c([C@H](OC(C)(C)C)C(=O)O)c3N3CCC(C)(C)CC3)nc2)cc1F. The molecule has 0 aliphatic carbocycles. The van der Waals surface area contributed by atoms with Crippen molar-refractivity contribution in [3.05, 3.63) is 65.4 Å².